The Morgan fingerprint density at radius 2 is 2.33 bits per heavy atom. The summed E-state index contributed by atoms with van der Waals surface area (Å²) in [6, 6.07) is 4.05. The van der Waals surface area contributed by atoms with Crippen molar-refractivity contribution in [1.29, 1.82) is 5.39 Å². The van der Waals surface area contributed by atoms with Crippen LogP contribution in [0.25, 0.3) is 10.7 Å². The first-order chi connectivity index (χ1) is 7.06. The lowest BCUT2D eigenvalue weighted by Crippen LogP contribution is -1.91. The molecule has 0 aromatic heterocycles. The number of nitro groups is 1. The van der Waals surface area contributed by atoms with Crippen LogP contribution in [0, 0.1) is 15.5 Å². The van der Waals surface area contributed by atoms with Crippen molar-refractivity contribution >= 4 is 27.4 Å². The molecule has 0 unspecified atom stereocenters. The van der Waals surface area contributed by atoms with E-state index in [1.807, 2.05) is 0 Å². The Balaban J connectivity index is 3.26. The van der Waals surface area contributed by atoms with Crippen molar-refractivity contribution < 1.29 is 10.0 Å². The SMILES string of the molecule is N#[N+]/C=C(\O)c1ccc(Br)c([N+](=O)[O-])c1. The number of hydrogen-bond acceptors (Lipinski definition) is 4. The fourth-order valence-corrected chi connectivity index (χ4v) is 1.33. The number of diazo groups is 1. The van der Waals surface area contributed by atoms with Gasteiger partial charge in [-0.25, -0.2) is 0 Å². The number of nitro benzene ring substituents is 1. The molecule has 0 aliphatic heterocycles. The second-order valence-corrected chi connectivity index (χ2v) is 3.41. The van der Waals surface area contributed by atoms with Gasteiger partial charge in [-0.05, 0) is 28.1 Å². The van der Waals surface area contributed by atoms with Crippen molar-refractivity contribution in [2.45, 2.75) is 0 Å². The third-order valence-electron chi connectivity index (χ3n) is 1.62. The molecule has 1 N–H and O–H groups in total. The topological polar surface area (TPSA) is 91.5 Å². The van der Waals surface area contributed by atoms with Crippen LogP contribution >= 0.6 is 15.9 Å². The summed E-state index contributed by atoms with van der Waals surface area (Å²) < 4.78 is 0.310. The molecule has 1 aromatic rings. The number of benzene rings is 1. The summed E-state index contributed by atoms with van der Waals surface area (Å²) in [5.74, 6) is -0.354. The number of aliphatic hydroxyl groups excluding tert-OH is 1. The first-order valence-electron chi connectivity index (χ1n) is 3.74. The van der Waals surface area contributed by atoms with E-state index in [0.29, 0.717) is 4.47 Å². The average molecular weight is 271 g/mol. The summed E-state index contributed by atoms with van der Waals surface area (Å²) in [5, 5.41) is 28.0. The van der Waals surface area contributed by atoms with Crippen molar-refractivity contribution in [2.75, 3.05) is 0 Å². The van der Waals surface area contributed by atoms with E-state index >= 15 is 0 Å². The van der Waals surface area contributed by atoms with Gasteiger partial charge in [-0.2, -0.15) is 0 Å². The van der Waals surface area contributed by atoms with Crippen LogP contribution < -0.4 is 0 Å². The van der Waals surface area contributed by atoms with Crippen LogP contribution in [0.2, 0.25) is 0 Å². The van der Waals surface area contributed by atoms with E-state index in [4.69, 9.17) is 5.39 Å². The smallest absolute Gasteiger partial charge is 0.392 e. The van der Waals surface area contributed by atoms with E-state index in [2.05, 4.69) is 20.9 Å². The summed E-state index contributed by atoms with van der Waals surface area (Å²) in [6.45, 7) is 0. The van der Waals surface area contributed by atoms with Gasteiger partial charge in [-0.15, -0.1) is 0 Å². The van der Waals surface area contributed by atoms with Crippen molar-refractivity contribution in [2.24, 2.45) is 0 Å². The van der Waals surface area contributed by atoms with Crippen molar-refractivity contribution in [3.63, 3.8) is 0 Å². The van der Waals surface area contributed by atoms with E-state index in [0.717, 1.165) is 6.20 Å². The number of nitrogens with zero attached hydrogens (tertiary/aromatic N) is 3. The van der Waals surface area contributed by atoms with Gasteiger partial charge in [-0.3, -0.25) is 10.1 Å². The van der Waals surface area contributed by atoms with Crippen LogP contribution in [0.15, 0.2) is 28.9 Å². The Kier molecular flexibility index (Phi) is 3.36. The summed E-state index contributed by atoms with van der Waals surface area (Å²) in [5.41, 5.74) is 0.0214. The molecule has 0 saturated carbocycles. The molecule has 0 bridgehead atoms. The zero-order chi connectivity index (χ0) is 11.4. The number of aliphatic hydroxyl groups is 1. The van der Waals surface area contributed by atoms with Gasteiger partial charge in [0.1, 0.15) is 0 Å². The summed E-state index contributed by atoms with van der Waals surface area (Å²) in [4.78, 5) is 12.6. The Labute approximate surface area is 92.7 Å². The van der Waals surface area contributed by atoms with Crippen LogP contribution in [0.1, 0.15) is 5.56 Å². The van der Waals surface area contributed by atoms with Crippen molar-refractivity contribution in [1.82, 2.24) is 0 Å². The molecule has 1 aromatic carbocycles. The Hall–Kier alpha value is -1.94. The zero-order valence-corrected chi connectivity index (χ0v) is 8.88. The molecule has 15 heavy (non-hydrogen) atoms. The second-order valence-electron chi connectivity index (χ2n) is 2.55. The molecular formula is C8H5BrN3O3+. The molecule has 0 amide bonds. The third-order valence-corrected chi connectivity index (χ3v) is 2.29. The summed E-state index contributed by atoms with van der Waals surface area (Å²) >= 11 is 3.00. The minimum absolute atomic E-state index is 0.176. The molecule has 1 rings (SSSR count). The first kappa shape index (κ1) is 11.1. The Bertz CT molecular complexity index is 479. The molecule has 0 aliphatic rings. The van der Waals surface area contributed by atoms with Crippen molar-refractivity contribution in [3.8, 4) is 0 Å². The minimum Gasteiger partial charge on any atom is -0.501 e. The highest BCUT2D eigenvalue weighted by molar-refractivity contribution is 9.10. The normalized spacial score (nSPS) is 10.8. The highest BCUT2D eigenvalue weighted by Gasteiger charge is 2.15. The number of halogens is 1. The molecule has 0 heterocycles. The monoisotopic (exact) mass is 270 g/mol. The minimum atomic E-state index is -0.586. The van der Waals surface area contributed by atoms with Gasteiger partial charge in [0.25, 0.3) is 5.69 Å². The molecule has 0 aliphatic carbocycles. The van der Waals surface area contributed by atoms with Gasteiger partial charge in [0.2, 0.25) is 11.2 Å². The Morgan fingerprint density at radius 3 is 2.87 bits per heavy atom. The molecule has 0 radical (unpaired) electrons. The van der Waals surface area contributed by atoms with Gasteiger partial charge in [-0.1, -0.05) is 0 Å². The van der Waals surface area contributed by atoms with E-state index in [9.17, 15) is 15.2 Å². The van der Waals surface area contributed by atoms with Gasteiger partial charge >= 0.3 is 6.20 Å². The van der Waals surface area contributed by atoms with Crippen LogP contribution in [-0.2, 0) is 0 Å². The predicted molar refractivity (Wildman–Crippen MR) is 56.5 cm³/mol. The zero-order valence-electron chi connectivity index (χ0n) is 7.29. The lowest BCUT2D eigenvalue weighted by Gasteiger charge is -1.98. The van der Waals surface area contributed by atoms with Crippen molar-refractivity contribution in [3.05, 3.63) is 49.5 Å². The largest absolute Gasteiger partial charge is 0.501 e. The van der Waals surface area contributed by atoms with E-state index in [-0.39, 0.29) is 17.0 Å². The molecule has 0 spiro atoms. The van der Waals surface area contributed by atoms with E-state index < -0.39 is 4.92 Å². The second kappa shape index (κ2) is 4.52. The van der Waals surface area contributed by atoms with Crippen LogP contribution in [0.4, 0.5) is 5.69 Å². The molecule has 0 saturated heterocycles. The maximum atomic E-state index is 10.6. The highest BCUT2D eigenvalue weighted by atomic mass is 79.9. The first-order valence-corrected chi connectivity index (χ1v) is 4.53. The average Bonchev–Trinajstić information content (AvgIpc) is 2.18. The highest BCUT2D eigenvalue weighted by Crippen LogP contribution is 2.27. The van der Waals surface area contributed by atoms with Gasteiger partial charge < -0.3 is 5.11 Å². The van der Waals surface area contributed by atoms with E-state index in [1.165, 1.54) is 18.2 Å². The number of hydrogen-bond donors (Lipinski definition) is 1. The lowest BCUT2D eigenvalue weighted by molar-refractivity contribution is -0.385. The molecule has 7 heteroatoms. The molecule has 0 fully saturated rings. The molecular weight excluding hydrogens is 266 g/mol. The van der Waals surface area contributed by atoms with E-state index in [1.54, 1.807) is 0 Å². The fraction of sp³-hybridized carbons (Fsp3) is 0. The van der Waals surface area contributed by atoms with Gasteiger partial charge in [0, 0.05) is 11.6 Å². The quantitative estimate of drug-likeness (QED) is 0.387. The maximum absolute atomic E-state index is 10.6. The van der Waals surface area contributed by atoms with Gasteiger partial charge in [0.15, 0.2) is 4.98 Å². The predicted octanol–water partition coefficient (Wildman–Crippen LogP) is 3.07. The standard InChI is InChI=1S/C8H4BrN3O3/c9-6-2-1-5(8(13)4-11-10)3-7(6)12(14)15/h1-4H/p+1/b8-4-. The van der Waals surface area contributed by atoms with Crippen LogP contribution in [-0.4, -0.2) is 10.0 Å². The molecule has 6 nitrogen and oxygen atoms in total. The van der Waals surface area contributed by atoms with Gasteiger partial charge in [0.05, 0.1) is 9.40 Å². The molecule has 76 valence electrons. The summed E-state index contributed by atoms with van der Waals surface area (Å²) in [6.07, 6.45) is 0.785. The lowest BCUT2D eigenvalue weighted by atomic mass is 10.2. The maximum Gasteiger partial charge on any atom is 0.392 e. The fourth-order valence-electron chi connectivity index (χ4n) is 0.941. The Morgan fingerprint density at radius 1 is 1.67 bits per heavy atom. The third kappa shape index (κ3) is 2.51. The number of rotatable bonds is 2. The molecule has 0 atom stereocenters. The van der Waals surface area contributed by atoms with Crippen LogP contribution in [0.5, 0.6) is 0 Å². The van der Waals surface area contributed by atoms with Crippen LogP contribution in [0.3, 0.4) is 0 Å². The summed E-state index contributed by atoms with van der Waals surface area (Å²) in [7, 11) is 0.